The highest BCUT2D eigenvalue weighted by Gasteiger charge is 2.16. The molecule has 1 aromatic heterocycles. The molecule has 22 heavy (non-hydrogen) atoms. The highest BCUT2D eigenvalue weighted by Crippen LogP contribution is 2.13. The maximum atomic E-state index is 11.8. The van der Waals surface area contributed by atoms with Crippen LogP contribution in [0.2, 0.25) is 0 Å². The first-order valence-corrected chi connectivity index (χ1v) is 7.71. The van der Waals surface area contributed by atoms with E-state index < -0.39 is 0 Å². The average molecular weight is 304 g/mol. The van der Waals surface area contributed by atoms with Gasteiger partial charge in [-0.2, -0.15) is 0 Å². The van der Waals surface area contributed by atoms with E-state index in [4.69, 9.17) is 9.15 Å². The van der Waals surface area contributed by atoms with E-state index in [1.54, 1.807) is 10.6 Å². The zero-order chi connectivity index (χ0) is 15.4. The standard InChI is InChI=1S/C16H20N2O4/c19-15(17-11-12-5-4-10-21-12)8-3-9-18-13-6-1-2-7-14(13)22-16(18)20/h1-2,6-7,12H,3-5,8-11H2,(H,17,19). The molecule has 1 saturated heterocycles. The van der Waals surface area contributed by atoms with Crippen molar-refractivity contribution in [2.24, 2.45) is 0 Å². The minimum atomic E-state index is -0.374. The van der Waals surface area contributed by atoms with Gasteiger partial charge in [-0.15, -0.1) is 0 Å². The van der Waals surface area contributed by atoms with Gasteiger partial charge in [-0.3, -0.25) is 9.36 Å². The Morgan fingerprint density at radius 3 is 3.05 bits per heavy atom. The highest BCUT2D eigenvalue weighted by molar-refractivity contribution is 5.76. The third-order valence-electron chi connectivity index (χ3n) is 3.91. The number of rotatable bonds is 6. The van der Waals surface area contributed by atoms with E-state index in [0.29, 0.717) is 31.5 Å². The molecule has 1 N–H and O–H groups in total. The van der Waals surface area contributed by atoms with Crippen LogP contribution in [0.1, 0.15) is 25.7 Å². The molecule has 3 rings (SSSR count). The number of fused-ring (bicyclic) bond motifs is 1. The Morgan fingerprint density at radius 2 is 2.23 bits per heavy atom. The zero-order valence-corrected chi connectivity index (χ0v) is 12.4. The van der Waals surface area contributed by atoms with Crippen LogP contribution in [0.15, 0.2) is 33.5 Å². The van der Waals surface area contributed by atoms with E-state index in [1.807, 2.05) is 18.2 Å². The smallest absolute Gasteiger partial charge is 0.408 e. The predicted molar refractivity (Wildman–Crippen MR) is 81.7 cm³/mol. The Balaban J connectivity index is 1.48. The van der Waals surface area contributed by atoms with Crippen LogP contribution in [0.5, 0.6) is 0 Å². The number of aromatic nitrogens is 1. The van der Waals surface area contributed by atoms with Crippen molar-refractivity contribution < 1.29 is 13.9 Å². The Kier molecular flexibility index (Phi) is 4.58. The molecule has 1 aliphatic heterocycles. The second kappa shape index (κ2) is 6.79. The quantitative estimate of drug-likeness (QED) is 0.881. The second-order valence-corrected chi connectivity index (χ2v) is 5.53. The first-order chi connectivity index (χ1) is 10.7. The molecule has 0 saturated carbocycles. The number of oxazole rings is 1. The molecular weight excluding hydrogens is 284 g/mol. The van der Waals surface area contributed by atoms with Crippen LogP contribution in [0.4, 0.5) is 0 Å². The summed E-state index contributed by atoms with van der Waals surface area (Å²) in [5.74, 6) is -0.377. The molecule has 1 unspecified atom stereocenters. The summed E-state index contributed by atoms with van der Waals surface area (Å²) < 4.78 is 12.2. The summed E-state index contributed by atoms with van der Waals surface area (Å²) in [6.45, 7) is 1.84. The fourth-order valence-corrected chi connectivity index (χ4v) is 2.74. The fraction of sp³-hybridized carbons (Fsp3) is 0.500. The van der Waals surface area contributed by atoms with Gasteiger partial charge in [0.15, 0.2) is 5.58 Å². The molecule has 6 heteroatoms. The van der Waals surface area contributed by atoms with Crippen LogP contribution in [0, 0.1) is 0 Å². The summed E-state index contributed by atoms with van der Waals surface area (Å²) in [6.07, 6.45) is 3.22. The molecule has 1 atom stereocenters. The molecule has 1 amide bonds. The number of hydrogen-bond donors (Lipinski definition) is 1. The molecular formula is C16H20N2O4. The number of aryl methyl sites for hydroxylation is 1. The molecule has 2 heterocycles. The predicted octanol–water partition coefficient (Wildman–Crippen LogP) is 1.67. The number of para-hydroxylation sites is 2. The van der Waals surface area contributed by atoms with Crippen LogP contribution in [0.3, 0.4) is 0 Å². The van der Waals surface area contributed by atoms with Gasteiger partial charge in [0, 0.05) is 26.1 Å². The minimum Gasteiger partial charge on any atom is -0.408 e. The van der Waals surface area contributed by atoms with Crippen molar-refractivity contribution in [3.8, 4) is 0 Å². The van der Waals surface area contributed by atoms with Gasteiger partial charge in [-0.1, -0.05) is 12.1 Å². The van der Waals surface area contributed by atoms with E-state index in [2.05, 4.69) is 5.32 Å². The Labute approximate surface area is 128 Å². The van der Waals surface area contributed by atoms with Crippen molar-refractivity contribution in [3.63, 3.8) is 0 Å². The number of benzene rings is 1. The van der Waals surface area contributed by atoms with Crippen LogP contribution < -0.4 is 11.1 Å². The van der Waals surface area contributed by atoms with Crippen molar-refractivity contribution in [1.29, 1.82) is 0 Å². The van der Waals surface area contributed by atoms with Crippen molar-refractivity contribution in [2.45, 2.75) is 38.3 Å². The number of hydrogen-bond acceptors (Lipinski definition) is 4. The first-order valence-electron chi connectivity index (χ1n) is 7.71. The van der Waals surface area contributed by atoms with Crippen LogP contribution in [0.25, 0.3) is 11.1 Å². The Hall–Kier alpha value is -2.08. The third kappa shape index (κ3) is 3.39. The van der Waals surface area contributed by atoms with Gasteiger partial charge in [-0.25, -0.2) is 4.79 Å². The molecule has 2 aromatic rings. The Bertz CT molecular complexity index is 697. The van der Waals surface area contributed by atoms with Crippen LogP contribution >= 0.6 is 0 Å². The van der Waals surface area contributed by atoms with Crippen molar-refractivity contribution in [1.82, 2.24) is 9.88 Å². The van der Waals surface area contributed by atoms with Gasteiger partial charge >= 0.3 is 5.76 Å². The normalized spacial score (nSPS) is 17.9. The molecule has 0 spiro atoms. The van der Waals surface area contributed by atoms with Gasteiger partial charge in [0.05, 0.1) is 11.6 Å². The lowest BCUT2D eigenvalue weighted by molar-refractivity contribution is -0.121. The monoisotopic (exact) mass is 304 g/mol. The van der Waals surface area contributed by atoms with E-state index >= 15 is 0 Å². The van der Waals surface area contributed by atoms with Gasteiger partial charge < -0.3 is 14.5 Å². The number of ether oxygens (including phenoxy) is 1. The number of carbonyl (C=O) groups is 1. The minimum absolute atomic E-state index is 0.00338. The topological polar surface area (TPSA) is 73.5 Å². The summed E-state index contributed by atoms with van der Waals surface area (Å²) in [5, 5.41) is 2.88. The molecule has 1 aliphatic rings. The molecule has 6 nitrogen and oxygen atoms in total. The fourth-order valence-electron chi connectivity index (χ4n) is 2.74. The highest BCUT2D eigenvalue weighted by atomic mass is 16.5. The number of carbonyl (C=O) groups excluding carboxylic acids is 1. The summed E-state index contributed by atoms with van der Waals surface area (Å²) in [7, 11) is 0. The lowest BCUT2D eigenvalue weighted by Crippen LogP contribution is -2.31. The molecule has 118 valence electrons. The average Bonchev–Trinajstić information content (AvgIpc) is 3.13. The number of nitrogens with zero attached hydrogens (tertiary/aromatic N) is 1. The summed E-state index contributed by atoms with van der Waals surface area (Å²) in [5.41, 5.74) is 1.35. The van der Waals surface area contributed by atoms with E-state index in [1.165, 1.54) is 0 Å². The third-order valence-corrected chi connectivity index (χ3v) is 3.91. The molecule has 0 bridgehead atoms. The summed E-state index contributed by atoms with van der Waals surface area (Å²) in [4.78, 5) is 23.6. The molecule has 0 radical (unpaired) electrons. The van der Waals surface area contributed by atoms with Crippen LogP contribution in [-0.2, 0) is 16.1 Å². The van der Waals surface area contributed by atoms with Crippen molar-refractivity contribution in [2.75, 3.05) is 13.2 Å². The molecule has 0 aliphatic carbocycles. The summed E-state index contributed by atoms with van der Waals surface area (Å²) >= 11 is 0. The number of amides is 1. The van der Waals surface area contributed by atoms with E-state index in [0.717, 1.165) is 25.0 Å². The zero-order valence-electron chi connectivity index (χ0n) is 12.4. The van der Waals surface area contributed by atoms with E-state index in [9.17, 15) is 9.59 Å². The van der Waals surface area contributed by atoms with Crippen molar-refractivity contribution >= 4 is 17.0 Å². The Morgan fingerprint density at radius 1 is 1.36 bits per heavy atom. The lowest BCUT2D eigenvalue weighted by atomic mass is 10.2. The SMILES string of the molecule is O=C(CCCn1c(=O)oc2ccccc21)NCC1CCCO1. The summed E-state index contributed by atoms with van der Waals surface area (Å²) in [6, 6.07) is 7.30. The first kappa shape index (κ1) is 14.8. The van der Waals surface area contributed by atoms with Gasteiger partial charge in [0.25, 0.3) is 0 Å². The number of nitrogens with one attached hydrogen (secondary N) is 1. The maximum Gasteiger partial charge on any atom is 0.419 e. The molecule has 1 aromatic carbocycles. The van der Waals surface area contributed by atoms with Crippen molar-refractivity contribution in [3.05, 3.63) is 34.8 Å². The van der Waals surface area contributed by atoms with Gasteiger partial charge in [-0.05, 0) is 31.4 Å². The largest absolute Gasteiger partial charge is 0.419 e. The lowest BCUT2D eigenvalue weighted by Gasteiger charge is -2.10. The van der Waals surface area contributed by atoms with Gasteiger partial charge in [0.1, 0.15) is 0 Å². The second-order valence-electron chi connectivity index (χ2n) is 5.53. The van der Waals surface area contributed by atoms with Gasteiger partial charge in [0.2, 0.25) is 5.91 Å². The van der Waals surface area contributed by atoms with E-state index in [-0.39, 0.29) is 17.8 Å². The van der Waals surface area contributed by atoms with Crippen LogP contribution in [-0.4, -0.2) is 29.7 Å². The molecule has 1 fully saturated rings. The maximum absolute atomic E-state index is 11.8.